The molecule has 162 valence electrons. The van der Waals surface area contributed by atoms with E-state index in [1.165, 1.54) is 5.56 Å². The van der Waals surface area contributed by atoms with E-state index in [0.29, 0.717) is 29.0 Å². The van der Waals surface area contributed by atoms with Gasteiger partial charge in [-0.2, -0.15) is 0 Å². The summed E-state index contributed by atoms with van der Waals surface area (Å²) < 4.78 is 5.50. The van der Waals surface area contributed by atoms with E-state index in [2.05, 4.69) is 27.5 Å². The van der Waals surface area contributed by atoms with Gasteiger partial charge in [-0.25, -0.2) is 9.97 Å². The molecule has 1 aliphatic rings. The fourth-order valence-electron chi connectivity index (χ4n) is 4.13. The van der Waals surface area contributed by atoms with E-state index < -0.39 is 5.91 Å². The van der Waals surface area contributed by atoms with Gasteiger partial charge in [0.25, 0.3) is 5.91 Å². The van der Waals surface area contributed by atoms with E-state index in [-0.39, 0.29) is 5.56 Å². The molecule has 2 aromatic carbocycles. The highest BCUT2D eigenvalue weighted by Crippen LogP contribution is 2.34. The van der Waals surface area contributed by atoms with Gasteiger partial charge >= 0.3 is 0 Å². The maximum Gasteiger partial charge on any atom is 0.252 e. The first-order chi connectivity index (χ1) is 15.6. The number of rotatable bonds is 5. The molecule has 0 aliphatic carbocycles. The van der Waals surface area contributed by atoms with Crippen LogP contribution < -0.4 is 16.0 Å². The standard InChI is InChI=1S/C24H24N6O2/c1-30-13-6-5-10-18-22(26-14-15-8-3-2-4-9-15)27-23(28-24(18)30)19-16-11-7-12-17(21(25)31)20(16)32-29-19/h2-4,7-9,11-12H,5-6,10,13-14H2,1H3,(H2,25,31)(H,26,27,28). The second-order valence-electron chi connectivity index (χ2n) is 7.99. The second-order valence-corrected chi connectivity index (χ2v) is 7.99. The van der Waals surface area contributed by atoms with E-state index >= 15 is 0 Å². The minimum Gasteiger partial charge on any atom is -0.366 e. The molecule has 0 saturated heterocycles. The average molecular weight is 428 g/mol. The molecule has 0 spiro atoms. The van der Waals surface area contributed by atoms with Crippen molar-refractivity contribution in [2.24, 2.45) is 5.73 Å². The molecule has 0 saturated carbocycles. The Morgan fingerprint density at radius 1 is 1.12 bits per heavy atom. The fourth-order valence-corrected chi connectivity index (χ4v) is 4.13. The number of benzene rings is 2. The molecular weight excluding hydrogens is 404 g/mol. The predicted octanol–water partition coefficient (Wildman–Crippen LogP) is 3.77. The maximum absolute atomic E-state index is 11.8. The van der Waals surface area contributed by atoms with Gasteiger partial charge in [-0.1, -0.05) is 41.6 Å². The highest BCUT2D eigenvalue weighted by Gasteiger charge is 2.24. The Kier molecular flexibility index (Phi) is 5.18. The minimum absolute atomic E-state index is 0.288. The van der Waals surface area contributed by atoms with E-state index in [1.807, 2.05) is 31.3 Å². The van der Waals surface area contributed by atoms with Gasteiger partial charge in [0.2, 0.25) is 0 Å². The number of primary amides is 1. The highest BCUT2D eigenvalue weighted by atomic mass is 16.5. The molecule has 1 amide bonds. The zero-order valence-electron chi connectivity index (χ0n) is 17.8. The molecule has 2 aromatic heterocycles. The van der Waals surface area contributed by atoms with Crippen LogP contribution in [0.2, 0.25) is 0 Å². The van der Waals surface area contributed by atoms with Crippen molar-refractivity contribution >= 4 is 28.5 Å². The molecule has 0 bridgehead atoms. The van der Waals surface area contributed by atoms with Crippen LogP contribution in [-0.4, -0.2) is 34.6 Å². The monoisotopic (exact) mass is 428 g/mol. The number of hydrogen-bond acceptors (Lipinski definition) is 7. The van der Waals surface area contributed by atoms with Gasteiger partial charge < -0.3 is 20.5 Å². The molecule has 3 N–H and O–H groups in total. The molecule has 0 atom stereocenters. The molecule has 32 heavy (non-hydrogen) atoms. The third-order valence-corrected chi connectivity index (χ3v) is 5.80. The van der Waals surface area contributed by atoms with E-state index in [4.69, 9.17) is 20.2 Å². The summed E-state index contributed by atoms with van der Waals surface area (Å²) in [4.78, 5) is 23.7. The molecular formula is C24H24N6O2. The second kappa shape index (κ2) is 8.30. The number of anilines is 2. The van der Waals surface area contributed by atoms with Gasteiger partial charge in [-0.3, -0.25) is 4.79 Å². The molecule has 0 unspecified atom stereocenters. The number of carbonyl (C=O) groups excluding carboxylic acids is 1. The normalized spacial score (nSPS) is 13.6. The van der Waals surface area contributed by atoms with Crippen LogP contribution in [0.3, 0.4) is 0 Å². The van der Waals surface area contributed by atoms with Gasteiger partial charge in [0.1, 0.15) is 11.6 Å². The van der Waals surface area contributed by atoms with Crippen LogP contribution in [0, 0.1) is 0 Å². The van der Waals surface area contributed by atoms with Gasteiger partial charge in [0.05, 0.1) is 10.9 Å². The van der Waals surface area contributed by atoms with Crippen LogP contribution in [0.15, 0.2) is 53.1 Å². The molecule has 0 fully saturated rings. The highest BCUT2D eigenvalue weighted by molar-refractivity contribution is 6.06. The zero-order chi connectivity index (χ0) is 22.1. The minimum atomic E-state index is -0.564. The first kappa shape index (κ1) is 20.0. The number of nitrogens with two attached hydrogens (primary N) is 1. The lowest BCUT2D eigenvalue weighted by molar-refractivity contribution is 0.100. The van der Waals surface area contributed by atoms with Crippen LogP contribution in [0.4, 0.5) is 11.6 Å². The molecule has 8 heteroatoms. The number of aromatic nitrogens is 3. The van der Waals surface area contributed by atoms with Crippen molar-refractivity contribution in [3.05, 3.63) is 65.2 Å². The Bertz CT molecular complexity index is 1280. The maximum atomic E-state index is 11.8. The number of nitrogens with one attached hydrogen (secondary N) is 1. The number of para-hydroxylation sites is 1. The summed E-state index contributed by atoms with van der Waals surface area (Å²) in [7, 11) is 2.05. The predicted molar refractivity (Wildman–Crippen MR) is 124 cm³/mol. The smallest absolute Gasteiger partial charge is 0.252 e. The Balaban J connectivity index is 1.62. The summed E-state index contributed by atoms with van der Waals surface area (Å²) in [5.41, 5.74) is 8.90. The van der Waals surface area contributed by atoms with Crippen LogP contribution in [0.25, 0.3) is 22.5 Å². The molecule has 4 aromatic rings. The van der Waals surface area contributed by atoms with E-state index in [0.717, 1.165) is 43.0 Å². The SMILES string of the molecule is CN1CCCCc2c(NCc3ccccc3)nc(-c3noc4c(C(N)=O)cccc34)nc21. The number of carbonyl (C=O) groups is 1. The largest absolute Gasteiger partial charge is 0.366 e. The van der Waals surface area contributed by atoms with Crippen molar-refractivity contribution < 1.29 is 9.32 Å². The van der Waals surface area contributed by atoms with Crippen molar-refractivity contribution in [1.82, 2.24) is 15.1 Å². The number of nitrogens with zero attached hydrogens (tertiary/aromatic N) is 4. The average Bonchev–Trinajstić information content (AvgIpc) is 3.16. The van der Waals surface area contributed by atoms with Crippen LogP contribution >= 0.6 is 0 Å². The quantitative estimate of drug-likeness (QED) is 0.498. The Morgan fingerprint density at radius 3 is 2.78 bits per heavy atom. The van der Waals surface area contributed by atoms with Crippen molar-refractivity contribution in [2.45, 2.75) is 25.8 Å². The fraction of sp³-hybridized carbons (Fsp3) is 0.250. The van der Waals surface area contributed by atoms with Crippen LogP contribution in [0.5, 0.6) is 0 Å². The number of amides is 1. The molecule has 0 radical (unpaired) electrons. The molecule has 8 nitrogen and oxygen atoms in total. The van der Waals surface area contributed by atoms with Crippen molar-refractivity contribution in [2.75, 3.05) is 23.8 Å². The third-order valence-electron chi connectivity index (χ3n) is 5.80. The van der Waals surface area contributed by atoms with Gasteiger partial charge in [-0.15, -0.1) is 0 Å². The Morgan fingerprint density at radius 2 is 1.97 bits per heavy atom. The van der Waals surface area contributed by atoms with E-state index in [1.54, 1.807) is 12.1 Å². The first-order valence-electron chi connectivity index (χ1n) is 10.7. The topological polar surface area (TPSA) is 110 Å². The zero-order valence-corrected chi connectivity index (χ0v) is 17.8. The molecule has 1 aliphatic heterocycles. The lowest BCUT2D eigenvalue weighted by atomic mass is 10.1. The number of hydrogen-bond donors (Lipinski definition) is 2. The Hall–Kier alpha value is -3.94. The summed E-state index contributed by atoms with van der Waals surface area (Å²) in [5, 5.41) is 8.38. The summed E-state index contributed by atoms with van der Waals surface area (Å²) in [6.07, 6.45) is 3.08. The summed E-state index contributed by atoms with van der Waals surface area (Å²) in [6, 6.07) is 15.4. The summed E-state index contributed by atoms with van der Waals surface area (Å²) >= 11 is 0. The Labute approximate surface area is 185 Å². The molecule has 5 rings (SSSR count). The van der Waals surface area contributed by atoms with Crippen molar-refractivity contribution in [3.63, 3.8) is 0 Å². The van der Waals surface area contributed by atoms with Gasteiger partial charge in [0.15, 0.2) is 17.1 Å². The van der Waals surface area contributed by atoms with E-state index in [9.17, 15) is 4.79 Å². The van der Waals surface area contributed by atoms with Crippen LogP contribution in [-0.2, 0) is 13.0 Å². The lowest BCUT2D eigenvalue weighted by Gasteiger charge is -2.20. The molecule has 3 heterocycles. The third kappa shape index (κ3) is 3.64. The summed E-state index contributed by atoms with van der Waals surface area (Å²) in [6.45, 7) is 1.58. The lowest BCUT2D eigenvalue weighted by Crippen LogP contribution is -2.20. The van der Waals surface area contributed by atoms with Crippen molar-refractivity contribution in [1.29, 1.82) is 0 Å². The van der Waals surface area contributed by atoms with Crippen LogP contribution in [0.1, 0.15) is 34.3 Å². The first-order valence-corrected chi connectivity index (χ1v) is 10.7. The van der Waals surface area contributed by atoms with Gasteiger partial charge in [0, 0.05) is 25.7 Å². The van der Waals surface area contributed by atoms with Gasteiger partial charge in [-0.05, 0) is 37.0 Å². The summed E-state index contributed by atoms with van der Waals surface area (Å²) in [5.74, 6) is 1.58. The number of fused-ring (bicyclic) bond motifs is 2. The van der Waals surface area contributed by atoms with Crippen molar-refractivity contribution in [3.8, 4) is 11.5 Å².